The van der Waals surface area contributed by atoms with Crippen molar-refractivity contribution < 1.29 is 8.95 Å². The van der Waals surface area contributed by atoms with E-state index in [0.29, 0.717) is 14.5 Å². The predicted octanol–water partition coefficient (Wildman–Crippen LogP) is 4.34. The molecule has 0 amide bonds. The Bertz CT molecular complexity index is 717. The van der Waals surface area contributed by atoms with Crippen LogP contribution in [0.3, 0.4) is 0 Å². The zero-order chi connectivity index (χ0) is 15.6. The zero-order valence-electron chi connectivity index (χ0n) is 10.4. The first-order chi connectivity index (χ1) is 9.93. The fourth-order valence-electron chi connectivity index (χ4n) is 1.36. The van der Waals surface area contributed by atoms with Crippen molar-refractivity contribution in [1.82, 2.24) is 9.97 Å². The monoisotopic (exact) mass is 429 g/mol. The van der Waals surface area contributed by atoms with E-state index in [1.54, 1.807) is 18.2 Å². The summed E-state index contributed by atoms with van der Waals surface area (Å²) in [4.78, 5) is 8.35. The Kier molecular flexibility index (Phi) is 5.67. The summed E-state index contributed by atoms with van der Waals surface area (Å²) in [7, 11) is -0.298. The molecular weight excluding hydrogens is 424 g/mol. The molecule has 0 saturated heterocycles. The van der Waals surface area contributed by atoms with Gasteiger partial charge in [0.15, 0.2) is 16.1 Å². The summed E-state index contributed by atoms with van der Waals surface area (Å²) in [5, 5.41) is 0.601. The van der Waals surface area contributed by atoms with E-state index in [-0.39, 0.29) is 21.9 Å². The molecule has 0 spiro atoms. The Hall–Kier alpha value is -0.600. The minimum atomic E-state index is -1.71. The number of aromatic nitrogens is 2. The SMILES string of the molecule is COc1nc(Br)c(Cl)nc1NS(=O)c1cccc(Cl)c1Cl. The molecule has 0 bridgehead atoms. The third-order valence-electron chi connectivity index (χ3n) is 2.28. The van der Waals surface area contributed by atoms with E-state index in [4.69, 9.17) is 39.5 Å². The van der Waals surface area contributed by atoms with E-state index >= 15 is 0 Å². The predicted molar refractivity (Wildman–Crippen MR) is 87.8 cm³/mol. The summed E-state index contributed by atoms with van der Waals surface area (Å²) in [5.74, 6) is 0.262. The number of benzene rings is 1. The molecule has 0 aliphatic carbocycles. The highest BCUT2D eigenvalue weighted by Crippen LogP contribution is 2.31. The Labute approximate surface area is 146 Å². The molecule has 1 N–H and O–H groups in total. The van der Waals surface area contributed by atoms with Crippen molar-refractivity contribution >= 4 is 67.5 Å². The molecule has 0 radical (unpaired) electrons. The molecular formula is C11H7BrCl3N3O2S. The van der Waals surface area contributed by atoms with Crippen LogP contribution in [0.1, 0.15) is 0 Å². The number of nitrogens with one attached hydrogen (secondary N) is 1. The van der Waals surface area contributed by atoms with E-state index < -0.39 is 11.0 Å². The van der Waals surface area contributed by atoms with Crippen LogP contribution in [0.5, 0.6) is 5.88 Å². The smallest absolute Gasteiger partial charge is 0.259 e. The Morgan fingerprint density at radius 2 is 2.00 bits per heavy atom. The average molecular weight is 432 g/mol. The number of hydrogen-bond acceptors (Lipinski definition) is 4. The maximum absolute atomic E-state index is 12.3. The standard InChI is InChI=1S/C11H7BrCl3N3O2S/c1-20-11-10(17-9(15)8(12)16-11)18-21(19)6-4-2-3-5(13)7(6)14/h2-4H,1H3,(H,17,18). The number of hydrogen-bond donors (Lipinski definition) is 1. The molecule has 5 nitrogen and oxygen atoms in total. The maximum Gasteiger partial charge on any atom is 0.259 e. The number of rotatable bonds is 4. The summed E-state index contributed by atoms with van der Waals surface area (Å²) in [6.45, 7) is 0. The van der Waals surface area contributed by atoms with Crippen LogP contribution in [0.25, 0.3) is 0 Å². The lowest BCUT2D eigenvalue weighted by Gasteiger charge is -2.11. The molecule has 112 valence electrons. The second kappa shape index (κ2) is 7.11. The van der Waals surface area contributed by atoms with Gasteiger partial charge >= 0.3 is 0 Å². The highest BCUT2D eigenvalue weighted by atomic mass is 79.9. The molecule has 0 aliphatic rings. The third kappa shape index (κ3) is 3.78. The molecule has 1 heterocycles. The van der Waals surface area contributed by atoms with Crippen LogP contribution in [0, 0.1) is 0 Å². The summed E-state index contributed by atoms with van der Waals surface area (Å²) >= 11 is 20.9. The Morgan fingerprint density at radius 3 is 2.67 bits per heavy atom. The number of methoxy groups -OCH3 is 1. The average Bonchev–Trinajstić information content (AvgIpc) is 2.45. The van der Waals surface area contributed by atoms with Gasteiger partial charge in [0.1, 0.15) is 4.60 Å². The van der Waals surface area contributed by atoms with Crippen LogP contribution in [0.2, 0.25) is 15.2 Å². The lowest BCUT2D eigenvalue weighted by Crippen LogP contribution is -2.09. The van der Waals surface area contributed by atoms with E-state index in [9.17, 15) is 4.21 Å². The molecule has 10 heteroatoms. The van der Waals surface area contributed by atoms with Gasteiger partial charge in [0, 0.05) is 0 Å². The van der Waals surface area contributed by atoms with Crippen molar-refractivity contribution in [1.29, 1.82) is 0 Å². The quantitative estimate of drug-likeness (QED) is 0.782. The van der Waals surface area contributed by atoms with Crippen LogP contribution in [-0.4, -0.2) is 21.3 Å². The van der Waals surface area contributed by atoms with Gasteiger partial charge in [0.2, 0.25) is 5.82 Å². The Balaban J connectivity index is 2.36. The minimum absolute atomic E-state index is 0.104. The lowest BCUT2D eigenvalue weighted by atomic mass is 10.4. The number of ether oxygens (including phenoxy) is 1. The normalized spacial score (nSPS) is 12.0. The lowest BCUT2D eigenvalue weighted by molar-refractivity contribution is 0.397. The molecule has 1 unspecified atom stereocenters. The number of nitrogens with zero attached hydrogens (tertiary/aromatic N) is 2. The molecule has 1 atom stereocenters. The van der Waals surface area contributed by atoms with Gasteiger partial charge in [-0.3, -0.25) is 4.72 Å². The van der Waals surface area contributed by atoms with Crippen molar-refractivity contribution in [2.24, 2.45) is 0 Å². The van der Waals surface area contributed by atoms with Gasteiger partial charge in [-0.15, -0.1) is 0 Å². The molecule has 2 rings (SSSR count). The van der Waals surface area contributed by atoms with Crippen LogP contribution < -0.4 is 9.46 Å². The second-order valence-electron chi connectivity index (χ2n) is 3.59. The van der Waals surface area contributed by atoms with E-state index in [2.05, 4.69) is 30.6 Å². The maximum atomic E-state index is 12.3. The van der Waals surface area contributed by atoms with Crippen molar-refractivity contribution in [2.75, 3.05) is 11.8 Å². The van der Waals surface area contributed by atoms with Crippen LogP contribution in [0.4, 0.5) is 5.82 Å². The van der Waals surface area contributed by atoms with Crippen LogP contribution >= 0.6 is 50.7 Å². The Morgan fingerprint density at radius 1 is 1.29 bits per heavy atom. The van der Waals surface area contributed by atoms with E-state index in [1.807, 2.05) is 0 Å². The fourth-order valence-corrected chi connectivity index (χ4v) is 3.20. The molecule has 1 aromatic carbocycles. The largest absolute Gasteiger partial charge is 0.478 e. The molecule has 0 saturated carbocycles. The first-order valence-electron chi connectivity index (χ1n) is 5.33. The molecule has 0 fully saturated rings. The van der Waals surface area contributed by atoms with Gasteiger partial charge < -0.3 is 4.74 Å². The van der Waals surface area contributed by atoms with Crippen molar-refractivity contribution in [3.05, 3.63) is 38.0 Å². The zero-order valence-corrected chi connectivity index (χ0v) is 15.0. The summed E-state index contributed by atoms with van der Waals surface area (Å²) in [5.41, 5.74) is 0. The summed E-state index contributed by atoms with van der Waals surface area (Å²) in [6.07, 6.45) is 0. The third-order valence-corrected chi connectivity index (χ3v) is 5.38. The topological polar surface area (TPSA) is 64.1 Å². The first kappa shape index (κ1) is 16.8. The van der Waals surface area contributed by atoms with Gasteiger partial charge in [0.05, 0.1) is 22.1 Å². The summed E-state index contributed by atoms with van der Waals surface area (Å²) < 4.78 is 20.3. The fraction of sp³-hybridized carbons (Fsp3) is 0.0909. The molecule has 2 aromatic rings. The van der Waals surface area contributed by atoms with Gasteiger partial charge in [-0.2, -0.15) is 4.98 Å². The second-order valence-corrected chi connectivity index (χ2v) is 6.66. The van der Waals surface area contributed by atoms with Gasteiger partial charge in [0.25, 0.3) is 5.88 Å². The number of anilines is 1. The first-order valence-corrected chi connectivity index (χ1v) is 8.41. The highest BCUT2D eigenvalue weighted by Gasteiger charge is 2.17. The molecule has 21 heavy (non-hydrogen) atoms. The highest BCUT2D eigenvalue weighted by molar-refractivity contribution is 9.10. The number of halogens is 4. The van der Waals surface area contributed by atoms with Crippen molar-refractivity contribution in [2.45, 2.75) is 4.90 Å². The van der Waals surface area contributed by atoms with Crippen LogP contribution in [0.15, 0.2) is 27.7 Å². The minimum Gasteiger partial charge on any atom is -0.478 e. The van der Waals surface area contributed by atoms with Gasteiger partial charge in [-0.1, -0.05) is 40.9 Å². The van der Waals surface area contributed by atoms with Gasteiger partial charge in [-0.05, 0) is 28.1 Å². The molecule has 1 aromatic heterocycles. The molecule has 0 aliphatic heterocycles. The summed E-state index contributed by atoms with van der Waals surface area (Å²) in [6, 6.07) is 4.82. The van der Waals surface area contributed by atoms with E-state index in [1.165, 1.54) is 7.11 Å². The van der Waals surface area contributed by atoms with Gasteiger partial charge in [-0.25, -0.2) is 9.19 Å². The van der Waals surface area contributed by atoms with Crippen molar-refractivity contribution in [3.8, 4) is 5.88 Å². The van der Waals surface area contributed by atoms with Crippen molar-refractivity contribution in [3.63, 3.8) is 0 Å². The van der Waals surface area contributed by atoms with Crippen LogP contribution in [-0.2, 0) is 11.0 Å². The van der Waals surface area contributed by atoms with E-state index in [0.717, 1.165) is 0 Å².